The Morgan fingerprint density at radius 2 is 2.11 bits per heavy atom. The van der Waals surface area contributed by atoms with Crippen LogP contribution in [0.25, 0.3) is 0 Å². The number of hydrogen-bond donors (Lipinski definition) is 1. The van der Waals surface area contributed by atoms with Gasteiger partial charge in [0.1, 0.15) is 5.82 Å². The van der Waals surface area contributed by atoms with Crippen molar-refractivity contribution in [1.29, 1.82) is 0 Å². The summed E-state index contributed by atoms with van der Waals surface area (Å²) >= 11 is 0. The fourth-order valence-corrected chi connectivity index (χ4v) is 2.77. The van der Waals surface area contributed by atoms with Crippen LogP contribution in [0.2, 0.25) is 0 Å². The average Bonchev–Trinajstić information content (AvgIpc) is 2.42. The highest BCUT2D eigenvalue weighted by atomic mass is 15.1. The molecule has 1 aromatic rings. The first kappa shape index (κ1) is 13.3. The Morgan fingerprint density at radius 3 is 2.67 bits per heavy atom. The number of anilines is 1. The summed E-state index contributed by atoms with van der Waals surface area (Å²) in [5.41, 5.74) is 1.32. The van der Waals surface area contributed by atoms with Gasteiger partial charge in [-0.05, 0) is 43.5 Å². The van der Waals surface area contributed by atoms with Crippen LogP contribution >= 0.6 is 0 Å². The lowest BCUT2D eigenvalue weighted by molar-refractivity contribution is 0.171. The first-order chi connectivity index (χ1) is 8.81. The summed E-state index contributed by atoms with van der Waals surface area (Å²) in [5, 5.41) is 3.05. The predicted octanol–water partition coefficient (Wildman–Crippen LogP) is 3.14. The molecule has 0 radical (unpaired) electrons. The van der Waals surface area contributed by atoms with Gasteiger partial charge in [-0.3, -0.25) is 4.90 Å². The third-order valence-electron chi connectivity index (χ3n) is 3.89. The van der Waals surface area contributed by atoms with Gasteiger partial charge in [0, 0.05) is 19.8 Å². The molecule has 100 valence electrons. The quantitative estimate of drug-likeness (QED) is 0.866. The maximum Gasteiger partial charge on any atom is 0.125 e. The molecule has 18 heavy (non-hydrogen) atoms. The summed E-state index contributed by atoms with van der Waals surface area (Å²) in [5.74, 6) is 1.91. The van der Waals surface area contributed by atoms with Crippen molar-refractivity contribution in [3.8, 4) is 0 Å². The van der Waals surface area contributed by atoms with Gasteiger partial charge >= 0.3 is 0 Å². The minimum absolute atomic E-state index is 0.945. The highest BCUT2D eigenvalue weighted by molar-refractivity contribution is 5.34. The Bertz CT molecular complexity index is 339. The summed E-state index contributed by atoms with van der Waals surface area (Å²) in [4.78, 5) is 6.93. The van der Waals surface area contributed by atoms with E-state index in [2.05, 4.69) is 34.3 Å². The van der Waals surface area contributed by atoms with E-state index in [-0.39, 0.29) is 0 Å². The minimum atomic E-state index is 0.945. The molecule has 2 rings (SSSR count). The zero-order chi connectivity index (χ0) is 12.8. The monoisotopic (exact) mass is 247 g/mol. The third kappa shape index (κ3) is 3.70. The van der Waals surface area contributed by atoms with Crippen LogP contribution in [0.15, 0.2) is 18.3 Å². The van der Waals surface area contributed by atoms with Gasteiger partial charge in [-0.1, -0.05) is 25.8 Å². The molecule has 1 aliphatic heterocycles. The molecule has 0 unspecified atom stereocenters. The SMILES string of the molecule is CCCC1CCN(Cc2ccc(NC)nc2)CC1. The van der Waals surface area contributed by atoms with E-state index in [0.29, 0.717) is 0 Å². The van der Waals surface area contributed by atoms with Crippen molar-refractivity contribution in [3.63, 3.8) is 0 Å². The Hall–Kier alpha value is -1.09. The molecule has 0 spiro atoms. The molecule has 1 aliphatic rings. The lowest BCUT2D eigenvalue weighted by Gasteiger charge is -2.31. The molecule has 3 heteroatoms. The van der Waals surface area contributed by atoms with E-state index >= 15 is 0 Å². The van der Waals surface area contributed by atoms with Gasteiger partial charge in [0.15, 0.2) is 0 Å². The molecule has 0 bridgehead atoms. The Morgan fingerprint density at radius 1 is 1.33 bits per heavy atom. The zero-order valence-corrected chi connectivity index (χ0v) is 11.7. The normalized spacial score (nSPS) is 17.9. The van der Waals surface area contributed by atoms with Crippen molar-refractivity contribution in [1.82, 2.24) is 9.88 Å². The largest absolute Gasteiger partial charge is 0.373 e. The average molecular weight is 247 g/mol. The summed E-state index contributed by atoms with van der Waals surface area (Å²) in [6, 6.07) is 4.23. The van der Waals surface area contributed by atoms with Crippen LogP contribution in [0.1, 0.15) is 38.2 Å². The molecule has 1 saturated heterocycles. The number of nitrogens with one attached hydrogen (secondary N) is 1. The van der Waals surface area contributed by atoms with E-state index in [1.165, 1.54) is 44.3 Å². The van der Waals surface area contributed by atoms with Crippen LogP contribution in [0.4, 0.5) is 5.82 Å². The Balaban J connectivity index is 1.80. The molecule has 0 aliphatic carbocycles. The van der Waals surface area contributed by atoms with Crippen molar-refractivity contribution in [2.45, 2.75) is 39.2 Å². The van der Waals surface area contributed by atoms with Crippen LogP contribution in [0, 0.1) is 5.92 Å². The zero-order valence-electron chi connectivity index (χ0n) is 11.7. The van der Waals surface area contributed by atoms with Crippen molar-refractivity contribution < 1.29 is 0 Å². The summed E-state index contributed by atoms with van der Waals surface area (Å²) < 4.78 is 0. The highest BCUT2D eigenvalue weighted by Gasteiger charge is 2.18. The molecule has 2 heterocycles. The number of likely N-dealkylation sites (tertiary alicyclic amines) is 1. The van der Waals surface area contributed by atoms with E-state index in [0.717, 1.165) is 18.3 Å². The molecule has 1 aromatic heterocycles. The number of aromatic nitrogens is 1. The van der Waals surface area contributed by atoms with Gasteiger partial charge in [0.2, 0.25) is 0 Å². The van der Waals surface area contributed by atoms with Gasteiger partial charge in [-0.25, -0.2) is 4.98 Å². The Kier molecular flexibility index (Phi) is 5.00. The van der Waals surface area contributed by atoms with Crippen LogP contribution < -0.4 is 5.32 Å². The molecule has 1 N–H and O–H groups in total. The van der Waals surface area contributed by atoms with E-state index in [1.807, 2.05) is 13.2 Å². The molecular formula is C15H25N3. The van der Waals surface area contributed by atoms with Crippen molar-refractivity contribution in [2.24, 2.45) is 5.92 Å². The number of piperidine rings is 1. The first-order valence-electron chi connectivity index (χ1n) is 7.17. The molecule has 0 amide bonds. The van der Waals surface area contributed by atoms with E-state index in [1.54, 1.807) is 0 Å². The smallest absolute Gasteiger partial charge is 0.125 e. The fraction of sp³-hybridized carbons (Fsp3) is 0.667. The molecule has 3 nitrogen and oxygen atoms in total. The van der Waals surface area contributed by atoms with Gasteiger partial charge in [0.25, 0.3) is 0 Å². The van der Waals surface area contributed by atoms with Gasteiger partial charge < -0.3 is 5.32 Å². The van der Waals surface area contributed by atoms with E-state index in [4.69, 9.17) is 0 Å². The lowest BCUT2D eigenvalue weighted by Crippen LogP contribution is -2.33. The molecule has 1 fully saturated rings. The van der Waals surface area contributed by atoms with Crippen molar-refractivity contribution in [3.05, 3.63) is 23.9 Å². The fourth-order valence-electron chi connectivity index (χ4n) is 2.77. The second kappa shape index (κ2) is 6.74. The predicted molar refractivity (Wildman–Crippen MR) is 76.7 cm³/mol. The molecule has 0 saturated carbocycles. The van der Waals surface area contributed by atoms with Gasteiger partial charge in [-0.15, -0.1) is 0 Å². The second-order valence-electron chi connectivity index (χ2n) is 5.31. The minimum Gasteiger partial charge on any atom is -0.373 e. The maximum absolute atomic E-state index is 4.37. The van der Waals surface area contributed by atoms with Gasteiger partial charge in [-0.2, -0.15) is 0 Å². The van der Waals surface area contributed by atoms with Crippen LogP contribution in [-0.2, 0) is 6.54 Å². The molecular weight excluding hydrogens is 222 g/mol. The van der Waals surface area contributed by atoms with Crippen molar-refractivity contribution in [2.75, 3.05) is 25.5 Å². The molecule has 0 aromatic carbocycles. The topological polar surface area (TPSA) is 28.2 Å². The standard InChI is InChI=1S/C15H25N3/c1-3-4-13-7-9-18(10-8-13)12-14-5-6-15(16-2)17-11-14/h5-6,11,13H,3-4,7-10,12H2,1-2H3,(H,16,17). The summed E-state index contributed by atoms with van der Waals surface area (Å²) in [7, 11) is 1.90. The van der Waals surface area contributed by atoms with Crippen molar-refractivity contribution >= 4 is 5.82 Å². The highest BCUT2D eigenvalue weighted by Crippen LogP contribution is 2.22. The Labute approximate surface area is 111 Å². The summed E-state index contributed by atoms with van der Waals surface area (Å²) in [6.07, 6.45) is 7.47. The second-order valence-corrected chi connectivity index (χ2v) is 5.31. The third-order valence-corrected chi connectivity index (χ3v) is 3.89. The van der Waals surface area contributed by atoms with E-state index < -0.39 is 0 Å². The number of nitrogens with zero attached hydrogens (tertiary/aromatic N) is 2. The van der Waals surface area contributed by atoms with E-state index in [9.17, 15) is 0 Å². The van der Waals surface area contributed by atoms with Crippen LogP contribution in [0.5, 0.6) is 0 Å². The van der Waals surface area contributed by atoms with Crippen LogP contribution in [-0.4, -0.2) is 30.0 Å². The van der Waals surface area contributed by atoms with Crippen LogP contribution in [0.3, 0.4) is 0 Å². The lowest BCUT2D eigenvalue weighted by atomic mass is 9.92. The number of pyridine rings is 1. The number of hydrogen-bond acceptors (Lipinski definition) is 3. The van der Waals surface area contributed by atoms with Gasteiger partial charge in [0.05, 0.1) is 0 Å². The number of rotatable bonds is 5. The summed E-state index contributed by atoms with van der Waals surface area (Å²) in [6.45, 7) is 5.84. The first-order valence-corrected chi connectivity index (χ1v) is 7.17. The maximum atomic E-state index is 4.37. The molecule has 0 atom stereocenters.